The molecule has 0 bridgehead atoms. The maximum atomic E-state index is 12.6. The molecule has 0 spiro atoms. The molecule has 0 aliphatic rings. The van der Waals surface area contributed by atoms with E-state index in [1.54, 1.807) is 0 Å². The number of carbonyl (C=O) groups is 2. The lowest BCUT2D eigenvalue weighted by molar-refractivity contribution is -0.161. The van der Waals surface area contributed by atoms with Crippen LogP contribution in [0.5, 0.6) is 0 Å². The van der Waals surface area contributed by atoms with E-state index >= 15 is 0 Å². The smallest absolute Gasteiger partial charge is 0.462 e. The van der Waals surface area contributed by atoms with Gasteiger partial charge in [0.25, 0.3) is 0 Å². The fraction of sp³-hybridized carbons (Fsp3) is 0.810. The van der Waals surface area contributed by atoms with Gasteiger partial charge >= 0.3 is 19.8 Å². The van der Waals surface area contributed by atoms with Crippen LogP contribution in [0.2, 0.25) is 0 Å². The molecule has 0 saturated heterocycles. The quantitative estimate of drug-likeness (QED) is 0.0272. The summed E-state index contributed by atoms with van der Waals surface area (Å²) in [4.78, 5) is 34.8. The zero-order valence-corrected chi connectivity index (χ0v) is 34.2. The first kappa shape index (κ1) is 50.2. The molecule has 304 valence electrons. The zero-order valence-electron chi connectivity index (χ0n) is 33.3. The average Bonchev–Trinajstić information content (AvgIpc) is 3.13. The molecular formula is C42H78NO8P. The highest BCUT2D eigenvalue weighted by Crippen LogP contribution is 2.43. The van der Waals surface area contributed by atoms with Crippen molar-refractivity contribution in [1.82, 2.24) is 0 Å². The van der Waals surface area contributed by atoms with Crippen LogP contribution in [0.3, 0.4) is 0 Å². The first-order valence-electron chi connectivity index (χ1n) is 21.0. The Morgan fingerprint density at radius 3 is 1.52 bits per heavy atom. The molecule has 9 nitrogen and oxygen atoms in total. The van der Waals surface area contributed by atoms with Gasteiger partial charge in [-0.05, 0) is 70.6 Å². The molecule has 1 unspecified atom stereocenters. The Bertz CT molecular complexity index is 954. The second kappa shape index (κ2) is 38.9. The number of nitrogens with two attached hydrogens (primary N) is 1. The van der Waals surface area contributed by atoms with E-state index in [-0.39, 0.29) is 32.6 Å². The van der Waals surface area contributed by atoms with E-state index in [0.717, 1.165) is 70.6 Å². The van der Waals surface area contributed by atoms with Crippen molar-refractivity contribution in [2.45, 2.75) is 193 Å². The molecule has 0 fully saturated rings. The largest absolute Gasteiger partial charge is 0.472 e. The van der Waals surface area contributed by atoms with Crippen molar-refractivity contribution in [3.05, 3.63) is 36.5 Å². The number of rotatable bonds is 39. The van der Waals surface area contributed by atoms with Crippen molar-refractivity contribution in [2.75, 3.05) is 26.4 Å². The summed E-state index contributed by atoms with van der Waals surface area (Å²) < 4.78 is 32.7. The molecule has 0 aromatic carbocycles. The minimum Gasteiger partial charge on any atom is -0.462 e. The van der Waals surface area contributed by atoms with E-state index in [0.29, 0.717) is 6.42 Å². The summed E-state index contributed by atoms with van der Waals surface area (Å²) in [6, 6.07) is 0. The lowest BCUT2D eigenvalue weighted by atomic mass is 10.1. The minimum absolute atomic E-state index is 0.0505. The molecule has 2 atom stereocenters. The number of hydrogen-bond acceptors (Lipinski definition) is 8. The van der Waals surface area contributed by atoms with Crippen LogP contribution < -0.4 is 5.73 Å². The summed E-state index contributed by atoms with van der Waals surface area (Å²) in [5.41, 5.74) is 5.34. The fourth-order valence-electron chi connectivity index (χ4n) is 5.60. The van der Waals surface area contributed by atoms with Crippen molar-refractivity contribution >= 4 is 19.8 Å². The van der Waals surface area contributed by atoms with Crippen molar-refractivity contribution in [1.29, 1.82) is 0 Å². The molecule has 0 aromatic heterocycles. The number of carbonyl (C=O) groups excluding carboxylic acids is 2. The molecule has 0 amide bonds. The van der Waals surface area contributed by atoms with Crippen LogP contribution in [0, 0.1) is 0 Å². The van der Waals surface area contributed by atoms with Gasteiger partial charge in [0.15, 0.2) is 6.10 Å². The molecular weight excluding hydrogens is 677 g/mol. The van der Waals surface area contributed by atoms with Gasteiger partial charge in [-0.1, -0.05) is 140 Å². The number of hydrogen-bond donors (Lipinski definition) is 2. The Morgan fingerprint density at radius 2 is 1.00 bits per heavy atom. The second-order valence-electron chi connectivity index (χ2n) is 13.8. The number of phosphoric acid groups is 1. The van der Waals surface area contributed by atoms with E-state index < -0.39 is 32.5 Å². The van der Waals surface area contributed by atoms with Gasteiger partial charge in [0, 0.05) is 19.4 Å². The van der Waals surface area contributed by atoms with Gasteiger partial charge in [-0.25, -0.2) is 4.57 Å². The molecule has 0 heterocycles. The van der Waals surface area contributed by atoms with Gasteiger partial charge in [0.1, 0.15) is 6.61 Å². The molecule has 0 aliphatic heterocycles. The molecule has 0 aliphatic carbocycles. The van der Waals surface area contributed by atoms with Crippen LogP contribution >= 0.6 is 7.82 Å². The fourth-order valence-corrected chi connectivity index (χ4v) is 6.36. The highest BCUT2D eigenvalue weighted by Gasteiger charge is 2.26. The Labute approximate surface area is 318 Å². The Morgan fingerprint density at radius 1 is 0.577 bits per heavy atom. The van der Waals surface area contributed by atoms with Gasteiger partial charge in [-0.15, -0.1) is 0 Å². The van der Waals surface area contributed by atoms with Gasteiger partial charge < -0.3 is 20.1 Å². The van der Waals surface area contributed by atoms with E-state index in [2.05, 4.69) is 50.3 Å². The summed E-state index contributed by atoms with van der Waals surface area (Å²) in [5.74, 6) is -0.847. The van der Waals surface area contributed by atoms with E-state index in [9.17, 15) is 19.0 Å². The van der Waals surface area contributed by atoms with Crippen LogP contribution in [0.4, 0.5) is 0 Å². The first-order valence-corrected chi connectivity index (χ1v) is 22.5. The van der Waals surface area contributed by atoms with Crippen LogP contribution in [0.15, 0.2) is 36.5 Å². The lowest BCUT2D eigenvalue weighted by Crippen LogP contribution is -2.29. The third-order valence-electron chi connectivity index (χ3n) is 8.75. The molecule has 3 N–H and O–H groups in total. The predicted molar refractivity (Wildman–Crippen MR) is 215 cm³/mol. The van der Waals surface area contributed by atoms with Gasteiger partial charge in [0.2, 0.25) is 0 Å². The van der Waals surface area contributed by atoms with Crippen LogP contribution in [-0.2, 0) is 32.7 Å². The van der Waals surface area contributed by atoms with Crippen molar-refractivity contribution in [2.24, 2.45) is 5.73 Å². The Balaban J connectivity index is 4.20. The third-order valence-corrected chi connectivity index (χ3v) is 9.73. The summed E-state index contributed by atoms with van der Waals surface area (Å²) in [7, 11) is -4.38. The molecule has 0 saturated carbocycles. The molecule has 0 rings (SSSR count). The van der Waals surface area contributed by atoms with Gasteiger partial charge in [0.05, 0.1) is 13.2 Å². The monoisotopic (exact) mass is 756 g/mol. The summed E-state index contributed by atoms with van der Waals surface area (Å²) in [6.07, 6.45) is 41.7. The maximum absolute atomic E-state index is 12.6. The number of allylic oxidation sites excluding steroid dienone is 6. The summed E-state index contributed by atoms with van der Waals surface area (Å²) in [5, 5.41) is 0. The van der Waals surface area contributed by atoms with Crippen molar-refractivity contribution in [3.63, 3.8) is 0 Å². The Hall–Kier alpha value is -1.77. The second-order valence-corrected chi connectivity index (χ2v) is 15.3. The summed E-state index contributed by atoms with van der Waals surface area (Å²) in [6.45, 7) is 3.68. The lowest BCUT2D eigenvalue weighted by Gasteiger charge is -2.19. The molecule has 10 heteroatoms. The topological polar surface area (TPSA) is 134 Å². The summed E-state index contributed by atoms with van der Waals surface area (Å²) >= 11 is 0. The Kier molecular flexibility index (Phi) is 37.6. The highest BCUT2D eigenvalue weighted by molar-refractivity contribution is 7.47. The average molecular weight is 756 g/mol. The molecule has 0 aromatic rings. The number of phosphoric ester groups is 1. The molecule has 0 radical (unpaired) electrons. The van der Waals surface area contributed by atoms with E-state index in [4.69, 9.17) is 24.3 Å². The highest BCUT2D eigenvalue weighted by atomic mass is 31.2. The molecule has 52 heavy (non-hydrogen) atoms. The first-order chi connectivity index (χ1) is 25.3. The van der Waals surface area contributed by atoms with E-state index in [1.165, 1.54) is 83.5 Å². The maximum Gasteiger partial charge on any atom is 0.472 e. The van der Waals surface area contributed by atoms with Crippen LogP contribution in [-0.4, -0.2) is 49.3 Å². The zero-order chi connectivity index (χ0) is 38.2. The minimum atomic E-state index is -4.38. The van der Waals surface area contributed by atoms with Gasteiger partial charge in [-0.3, -0.25) is 18.6 Å². The number of esters is 2. The number of unbranched alkanes of at least 4 members (excludes halogenated alkanes) is 20. The third kappa shape index (κ3) is 38.0. The predicted octanol–water partition coefficient (Wildman–Crippen LogP) is 11.8. The standard InChI is InChI=1S/C42H78NO8P/c1-3-5-7-9-11-13-15-17-19-20-21-23-25-27-29-31-33-35-42(45)51-40(39-50-52(46,47)49-37-36-43)38-48-41(44)34-32-30-28-26-24-22-18-16-14-12-10-8-6-4-2/h11,13,16-19,40H,3-10,12,14-15,20-39,43H2,1-2H3,(H,46,47)/b13-11+,18-16+,19-17+/t40-/m1/s1. The number of ether oxygens (including phenoxy) is 2. The van der Waals surface area contributed by atoms with E-state index in [1.807, 2.05) is 0 Å². The van der Waals surface area contributed by atoms with Crippen LogP contribution in [0.1, 0.15) is 187 Å². The van der Waals surface area contributed by atoms with Gasteiger partial charge in [-0.2, -0.15) is 0 Å². The SMILES string of the molecule is CCCCC/C=C/C/C=C/CCCCCCCCCC(=O)O[C@H](COC(=O)CCCCCCC/C=C/CCCCCCC)COP(=O)(O)OCCN. The van der Waals surface area contributed by atoms with Crippen LogP contribution in [0.25, 0.3) is 0 Å². The normalized spacial score (nSPS) is 13.7. The van der Waals surface area contributed by atoms with Crippen molar-refractivity contribution in [3.8, 4) is 0 Å². The van der Waals surface area contributed by atoms with Crippen molar-refractivity contribution < 1.29 is 37.6 Å².